The van der Waals surface area contributed by atoms with Crippen LogP contribution >= 0.6 is 0 Å². The van der Waals surface area contributed by atoms with Crippen molar-refractivity contribution in [3.05, 3.63) is 46.6 Å². The monoisotopic (exact) mass is 418 g/mol. The number of carbonyl (C=O) groups excluding carboxylic acids is 1. The second-order valence-corrected chi connectivity index (χ2v) is 7.44. The molecule has 30 heavy (non-hydrogen) atoms. The summed E-state index contributed by atoms with van der Waals surface area (Å²) in [5.41, 5.74) is 1.38. The molecule has 1 saturated heterocycles. The molecule has 2 aliphatic rings. The molecule has 1 aromatic carbocycles. The summed E-state index contributed by atoms with van der Waals surface area (Å²) < 4.78 is 45.5. The highest BCUT2D eigenvalue weighted by atomic mass is 19.4. The molecule has 2 aliphatic heterocycles. The number of rotatable bonds is 3. The minimum Gasteiger partial charge on any atom is -0.480 e. The molecule has 2 aromatic rings. The normalized spacial score (nSPS) is 16.6. The first-order chi connectivity index (χ1) is 14.3. The maximum absolute atomic E-state index is 13.4. The fourth-order valence-electron chi connectivity index (χ4n) is 3.73. The minimum absolute atomic E-state index is 0.153. The van der Waals surface area contributed by atoms with E-state index in [0.717, 1.165) is 25.2 Å². The van der Waals surface area contributed by atoms with E-state index in [4.69, 9.17) is 4.74 Å². The van der Waals surface area contributed by atoms with Crippen LogP contribution in [0.5, 0.6) is 5.88 Å². The van der Waals surface area contributed by atoms with E-state index in [1.165, 1.54) is 13.3 Å². The first-order valence-electron chi connectivity index (χ1n) is 9.54. The van der Waals surface area contributed by atoms with E-state index >= 15 is 0 Å². The predicted molar refractivity (Wildman–Crippen MR) is 106 cm³/mol. The smallest absolute Gasteiger partial charge is 0.416 e. The number of aromatic nitrogens is 1. The number of piperazine rings is 1. The van der Waals surface area contributed by atoms with Crippen molar-refractivity contribution in [1.29, 1.82) is 0 Å². The number of ether oxygens (including phenoxy) is 1. The van der Waals surface area contributed by atoms with Gasteiger partial charge in [0.1, 0.15) is 5.56 Å². The molecule has 4 rings (SSSR count). The molecule has 1 aromatic heterocycles. The van der Waals surface area contributed by atoms with Crippen LogP contribution < -0.4 is 4.74 Å². The van der Waals surface area contributed by atoms with Crippen LogP contribution in [0.3, 0.4) is 0 Å². The fourth-order valence-corrected chi connectivity index (χ4v) is 3.73. The number of alkyl halides is 3. The van der Waals surface area contributed by atoms with Gasteiger partial charge in [-0.05, 0) is 36.4 Å². The summed E-state index contributed by atoms with van der Waals surface area (Å²) in [7, 11) is 3.40. The number of fused-ring (bicyclic) bond motifs is 1. The molecule has 0 unspecified atom stereocenters. The second kappa shape index (κ2) is 7.71. The second-order valence-electron chi connectivity index (χ2n) is 7.44. The van der Waals surface area contributed by atoms with Gasteiger partial charge in [0.05, 0.1) is 19.2 Å². The number of hydrogen-bond donors (Lipinski definition) is 0. The number of amides is 1. The van der Waals surface area contributed by atoms with E-state index in [1.54, 1.807) is 17.2 Å². The molecule has 6 nitrogen and oxygen atoms in total. The van der Waals surface area contributed by atoms with E-state index in [1.807, 2.05) is 7.05 Å². The van der Waals surface area contributed by atoms with Gasteiger partial charge in [-0.2, -0.15) is 13.2 Å². The van der Waals surface area contributed by atoms with Crippen LogP contribution in [0.4, 0.5) is 13.2 Å². The average molecular weight is 418 g/mol. The van der Waals surface area contributed by atoms with Gasteiger partial charge >= 0.3 is 6.18 Å². The molecule has 0 atom stereocenters. The zero-order chi connectivity index (χ0) is 21.5. The van der Waals surface area contributed by atoms with Gasteiger partial charge in [0.2, 0.25) is 5.88 Å². The van der Waals surface area contributed by atoms with Crippen molar-refractivity contribution in [3.8, 4) is 17.0 Å². The Balaban J connectivity index is 1.78. The number of likely N-dealkylation sites (N-methyl/N-ethyl adjacent to an activating group) is 1. The number of benzene rings is 1. The molecule has 1 amide bonds. The summed E-state index contributed by atoms with van der Waals surface area (Å²) in [4.78, 5) is 25.3. The Bertz CT molecular complexity index is 1010. The van der Waals surface area contributed by atoms with Gasteiger partial charge in [-0.25, -0.2) is 4.98 Å². The first-order valence-corrected chi connectivity index (χ1v) is 9.54. The largest absolute Gasteiger partial charge is 0.480 e. The van der Waals surface area contributed by atoms with Crippen molar-refractivity contribution in [3.63, 3.8) is 0 Å². The molecule has 158 valence electrons. The topological polar surface area (TPSA) is 58.0 Å². The summed E-state index contributed by atoms with van der Waals surface area (Å²) in [6.07, 6.45) is -1.48. The average Bonchev–Trinajstić information content (AvgIpc) is 3.21. The Labute approximate surface area is 172 Å². The molecule has 0 saturated carbocycles. The SMILES string of the molecule is COc1ncc(-c2cc(C(F)(F)F)cc3c2C=NC3)cc1C(=O)N1CCN(C)CC1. The highest BCUT2D eigenvalue weighted by molar-refractivity contribution is 5.99. The van der Waals surface area contributed by atoms with Crippen LogP contribution in [0.2, 0.25) is 0 Å². The van der Waals surface area contributed by atoms with Gasteiger partial charge in [-0.3, -0.25) is 9.79 Å². The predicted octanol–water partition coefficient (Wildman–Crippen LogP) is 3.10. The van der Waals surface area contributed by atoms with Crippen LogP contribution in [-0.4, -0.2) is 67.2 Å². The maximum Gasteiger partial charge on any atom is 0.416 e. The third kappa shape index (κ3) is 3.77. The number of halogens is 3. The molecule has 0 spiro atoms. The quantitative estimate of drug-likeness (QED) is 0.769. The van der Waals surface area contributed by atoms with Gasteiger partial charge in [0, 0.05) is 49.7 Å². The summed E-state index contributed by atoms with van der Waals surface area (Å²) in [5, 5.41) is 0. The number of aliphatic imine (C=N–C) groups is 1. The van der Waals surface area contributed by atoms with Gasteiger partial charge in [0.15, 0.2) is 0 Å². The van der Waals surface area contributed by atoms with Crippen LogP contribution in [0.25, 0.3) is 11.1 Å². The molecule has 0 aliphatic carbocycles. The minimum atomic E-state index is -4.48. The number of methoxy groups -OCH3 is 1. The molecule has 1 fully saturated rings. The van der Waals surface area contributed by atoms with Crippen molar-refractivity contribution in [2.45, 2.75) is 12.7 Å². The van der Waals surface area contributed by atoms with Gasteiger partial charge in [-0.15, -0.1) is 0 Å². The Kier molecular flexibility index (Phi) is 5.23. The Morgan fingerprint density at radius 3 is 2.53 bits per heavy atom. The van der Waals surface area contributed by atoms with Gasteiger partial charge in [-0.1, -0.05) is 0 Å². The van der Waals surface area contributed by atoms with Gasteiger partial charge < -0.3 is 14.5 Å². The van der Waals surface area contributed by atoms with E-state index in [9.17, 15) is 18.0 Å². The molecule has 0 N–H and O–H groups in total. The Hall–Kier alpha value is -2.94. The van der Waals surface area contributed by atoms with Crippen LogP contribution in [-0.2, 0) is 12.7 Å². The maximum atomic E-state index is 13.4. The van der Waals surface area contributed by atoms with E-state index in [2.05, 4.69) is 14.9 Å². The lowest BCUT2D eigenvalue weighted by atomic mass is 9.94. The molecule has 0 radical (unpaired) electrons. The molecule has 0 bridgehead atoms. The number of pyridine rings is 1. The van der Waals surface area contributed by atoms with E-state index in [0.29, 0.717) is 35.3 Å². The fraction of sp³-hybridized carbons (Fsp3) is 0.381. The molecular weight excluding hydrogens is 397 g/mol. The molecule has 9 heteroatoms. The lowest BCUT2D eigenvalue weighted by Crippen LogP contribution is -2.47. The summed E-state index contributed by atoms with van der Waals surface area (Å²) >= 11 is 0. The highest BCUT2D eigenvalue weighted by Gasteiger charge is 2.33. The van der Waals surface area contributed by atoms with Crippen LogP contribution in [0, 0.1) is 0 Å². The molecular formula is C21H21F3N4O2. The Morgan fingerprint density at radius 1 is 1.13 bits per heavy atom. The lowest BCUT2D eigenvalue weighted by Gasteiger charge is -2.32. The van der Waals surface area contributed by atoms with Crippen LogP contribution in [0.15, 0.2) is 29.4 Å². The van der Waals surface area contributed by atoms with Crippen LogP contribution in [0.1, 0.15) is 27.0 Å². The standard InChI is InChI=1S/C21H21F3N4O2/c1-27-3-5-28(6-4-27)20(29)17-8-14(11-26-19(17)30-2)16-9-15(21(22,23)24)7-13-10-25-12-18(13)16/h7-9,11-12H,3-6,10H2,1-2H3. The number of nitrogens with zero attached hydrogens (tertiary/aromatic N) is 4. The highest BCUT2D eigenvalue weighted by Crippen LogP contribution is 2.37. The summed E-state index contributed by atoms with van der Waals surface area (Å²) in [6, 6.07) is 3.78. The number of carbonyl (C=O) groups is 1. The molecule has 3 heterocycles. The van der Waals surface area contributed by atoms with Crippen molar-refractivity contribution in [2.24, 2.45) is 4.99 Å². The third-order valence-electron chi connectivity index (χ3n) is 5.45. The zero-order valence-electron chi connectivity index (χ0n) is 16.7. The first kappa shape index (κ1) is 20.3. The lowest BCUT2D eigenvalue weighted by molar-refractivity contribution is -0.137. The number of hydrogen-bond acceptors (Lipinski definition) is 5. The summed E-state index contributed by atoms with van der Waals surface area (Å²) in [5.74, 6) is -0.0912. The van der Waals surface area contributed by atoms with E-state index in [-0.39, 0.29) is 23.9 Å². The Morgan fingerprint density at radius 2 is 1.87 bits per heavy atom. The van der Waals surface area contributed by atoms with E-state index < -0.39 is 11.7 Å². The zero-order valence-corrected chi connectivity index (χ0v) is 16.7. The van der Waals surface area contributed by atoms with Crippen molar-refractivity contribution < 1.29 is 22.7 Å². The summed E-state index contributed by atoms with van der Waals surface area (Å²) in [6.45, 7) is 2.82. The van der Waals surface area contributed by atoms with Crippen molar-refractivity contribution in [1.82, 2.24) is 14.8 Å². The third-order valence-corrected chi connectivity index (χ3v) is 5.45. The van der Waals surface area contributed by atoms with Gasteiger partial charge in [0.25, 0.3) is 5.91 Å². The van der Waals surface area contributed by atoms with Crippen molar-refractivity contribution >= 4 is 12.1 Å². The van der Waals surface area contributed by atoms with Crippen molar-refractivity contribution in [2.75, 3.05) is 40.3 Å².